The van der Waals surface area contributed by atoms with Crippen LogP contribution in [0.3, 0.4) is 0 Å². The molecule has 0 radical (unpaired) electrons. The predicted molar refractivity (Wildman–Crippen MR) is 69.2 cm³/mol. The smallest absolute Gasteiger partial charge is 0.347 e. The van der Waals surface area contributed by atoms with Crippen LogP contribution in [0.15, 0.2) is 0 Å². The molecule has 0 aromatic carbocycles. The molecule has 1 saturated carbocycles. The fourth-order valence-electron chi connectivity index (χ4n) is 1.90. The minimum atomic E-state index is -0.839. The predicted octanol–water partition coefficient (Wildman–Crippen LogP) is 2.81. The van der Waals surface area contributed by atoms with Gasteiger partial charge in [0.05, 0.1) is 5.69 Å². The molecule has 1 heterocycles. The second kappa shape index (κ2) is 4.64. The first kappa shape index (κ1) is 12.4. The molecule has 0 amide bonds. The molecule has 0 unspecified atom stereocenters. The first-order chi connectivity index (χ1) is 7.99. The standard InChI is InChI=1S/C12H18N2O2S/c1-7(2)6-14(3)12-13-9(8-4-5-8)10(17-12)11(15)16/h7-8H,4-6H2,1-3H3,(H,15,16). The molecule has 1 aromatic rings. The number of aromatic carboxylic acids is 1. The van der Waals surface area contributed by atoms with E-state index in [1.807, 2.05) is 11.9 Å². The van der Waals surface area contributed by atoms with Crippen molar-refractivity contribution in [3.05, 3.63) is 10.6 Å². The summed E-state index contributed by atoms with van der Waals surface area (Å²) in [5, 5.41) is 10.0. The van der Waals surface area contributed by atoms with Gasteiger partial charge in [-0.15, -0.1) is 0 Å². The highest BCUT2D eigenvalue weighted by Crippen LogP contribution is 2.44. The third kappa shape index (κ3) is 2.77. The molecule has 0 atom stereocenters. The van der Waals surface area contributed by atoms with E-state index >= 15 is 0 Å². The van der Waals surface area contributed by atoms with E-state index in [9.17, 15) is 9.90 Å². The van der Waals surface area contributed by atoms with Gasteiger partial charge in [-0.25, -0.2) is 9.78 Å². The largest absolute Gasteiger partial charge is 0.477 e. The van der Waals surface area contributed by atoms with Crippen LogP contribution >= 0.6 is 11.3 Å². The van der Waals surface area contributed by atoms with E-state index in [1.54, 1.807) is 0 Å². The number of carbonyl (C=O) groups is 1. The highest BCUT2D eigenvalue weighted by atomic mass is 32.1. The monoisotopic (exact) mass is 254 g/mol. The minimum absolute atomic E-state index is 0.388. The van der Waals surface area contributed by atoms with E-state index in [1.165, 1.54) is 11.3 Å². The van der Waals surface area contributed by atoms with Crippen molar-refractivity contribution in [2.45, 2.75) is 32.6 Å². The van der Waals surface area contributed by atoms with Gasteiger partial charge in [-0.2, -0.15) is 0 Å². The molecule has 94 valence electrons. The molecule has 0 aliphatic heterocycles. The number of anilines is 1. The number of carboxylic acids is 1. The number of rotatable bonds is 5. The Morgan fingerprint density at radius 2 is 2.24 bits per heavy atom. The van der Waals surface area contributed by atoms with Crippen LogP contribution in [-0.4, -0.2) is 29.7 Å². The lowest BCUT2D eigenvalue weighted by Crippen LogP contribution is -2.22. The Balaban J connectivity index is 2.23. The lowest BCUT2D eigenvalue weighted by molar-refractivity contribution is 0.0700. The number of thiazole rings is 1. The number of carboxylic acid groups (broad SMARTS) is 1. The second-order valence-electron chi connectivity index (χ2n) is 5.06. The van der Waals surface area contributed by atoms with Gasteiger partial charge in [0.25, 0.3) is 0 Å². The van der Waals surface area contributed by atoms with Crippen LogP contribution in [0.5, 0.6) is 0 Å². The first-order valence-electron chi connectivity index (χ1n) is 5.94. The third-order valence-corrected chi connectivity index (χ3v) is 3.94. The van der Waals surface area contributed by atoms with Crippen LogP contribution in [0.2, 0.25) is 0 Å². The molecule has 2 rings (SSSR count). The topological polar surface area (TPSA) is 53.4 Å². The molecular formula is C12H18N2O2S. The Morgan fingerprint density at radius 3 is 2.71 bits per heavy atom. The normalized spacial score (nSPS) is 15.3. The van der Waals surface area contributed by atoms with E-state index in [0.717, 1.165) is 30.2 Å². The summed E-state index contributed by atoms with van der Waals surface area (Å²) in [4.78, 5) is 18.2. The molecule has 1 aliphatic rings. The summed E-state index contributed by atoms with van der Waals surface area (Å²) < 4.78 is 0. The number of hydrogen-bond acceptors (Lipinski definition) is 4. The van der Waals surface area contributed by atoms with Crippen molar-refractivity contribution in [3.8, 4) is 0 Å². The summed E-state index contributed by atoms with van der Waals surface area (Å²) in [7, 11) is 1.97. The molecule has 1 aliphatic carbocycles. The molecule has 0 spiro atoms. The Kier molecular flexibility index (Phi) is 3.38. The Labute approximate surface area is 105 Å². The fraction of sp³-hybridized carbons (Fsp3) is 0.667. The highest BCUT2D eigenvalue weighted by Gasteiger charge is 2.32. The van der Waals surface area contributed by atoms with Gasteiger partial charge in [-0.05, 0) is 18.8 Å². The zero-order valence-electron chi connectivity index (χ0n) is 10.4. The average Bonchev–Trinajstić information content (AvgIpc) is 2.95. The van der Waals surface area contributed by atoms with Gasteiger partial charge in [0.15, 0.2) is 5.13 Å². The van der Waals surface area contributed by atoms with Gasteiger partial charge >= 0.3 is 5.97 Å². The first-order valence-corrected chi connectivity index (χ1v) is 6.75. The van der Waals surface area contributed by atoms with Gasteiger partial charge < -0.3 is 10.0 Å². The van der Waals surface area contributed by atoms with Crippen molar-refractivity contribution >= 4 is 22.4 Å². The quantitative estimate of drug-likeness (QED) is 0.878. The molecule has 1 aromatic heterocycles. The molecular weight excluding hydrogens is 236 g/mol. The molecule has 0 bridgehead atoms. The van der Waals surface area contributed by atoms with Crippen molar-refractivity contribution in [1.82, 2.24) is 4.98 Å². The zero-order valence-corrected chi connectivity index (χ0v) is 11.3. The van der Waals surface area contributed by atoms with Crippen molar-refractivity contribution in [2.24, 2.45) is 5.92 Å². The van der Waals surface area contributed by atoms with Crippen LogP contribution in [0.25, 0.3) is 0 Å². The van der Waals surface area contributed by atoms with Crippen molar-refractivity contribution in [1.29, 1.82) is 0 Å². The second-order valence-corrected chi connectivity index (χ2v) is 6.04. The van der Waals surface area contributed by atoms with Gasteiger partial charge in [0.2, 0.25) is 0 Å². The van der Waals surface area contributed by atoms with Crippen LogP contribution in [0, 0.1) is 5.92 Å². The maximum atomic E-state index is 11.2. The molecule has 1 fully saturated rings. The molecule has 5 heteroatoms. The summed E-state index contributed by atoms with van der Waals surface area (Å²) in [6, 6.07) is 0. The molecule has 4 nitrogen and oxygen atoms in total. The third-order valence-electron chi connectivity index (χ3n) is 2.77. The van der Waals surface area contributed by atoms with Crippen LogP contribution in [0.4, 0.5) is 5.13 Å². The van der Waals surface area contributed by atoms with E-state index in [0.29, 0.717) is 16.7 Å². The summed E-state index contributed by atoms with van der Waals surface area (Å²) >= 11 is 1.30. The van der Waals surface area contributed by atoms with E-state index in [2.05, 4.69) is 18.8 Å². The van der Waals surface area contributed by atoms with Gasteiger partial charge in [0.1, 0.15) is 4.88 Å². The van der Waals surface area contributed by atoms with Gasteiger partial charge in [-0.1, -0.05) is 25.2 Å². The lowest BCUT2D eigenvalue weighted by atomic mass is 10.2. The summed E-state index contributed by atoms with van der Waals surface area (Å²) in [6.45, 7) is 5.19. The number of hydrogen-bond donors (Lipinski definition) is 1. The maximum Gasteiger partial charge on any atom is 0.347 e. The van der Waals surface area contributed by atoms with E-state index in [4.69, 9.17) is 0 Å². The number of aromatic nitrogens is 1. The highest BCUT2D eigenvalue weighted by molar-refractivity contribution is 7.17. The van der Waals surface area contributed by atoms with E-state index in [-0.39, 0.29) is 0 Å². The average molecular weight is 254 g/mol. The van der Waals surface area contributed by atoms with Gasteiger partial charge in [0, 0.05) is 19.5 Å². The SMILES string of the molecule is CC(C)CN(C)c1nc(C2CC2)c(C(=O)O)s1. The fourth-order valence-corrected chi connectivity index (χ4v) is 2.86. The van der Waals surface area contributed by atoms with Crippen LogP contribution in [-0.2, 0) is 0 Å². The molecule has 1 N–H and O–H groups in total. The van der Waals surface area contributed by atoms with Crippen LogP contribution in [0.1, 0.15) is 48.0 Å². The maximum absolute atomic E-state index is 11.2. The minimum Gasteiger partial charge on any atom is -0.477 e. The zero-order chi connectivity index (χ0) is 12.6. The summed E-state index contributed by atoms with van der Waals surface area (Å²) in [5.74, 6) is 0.0914. The Morgan fingerprint density at radius 1 is 1.59 bits per heavy atom. The van der Waals surface area contributed by atoms with Gasteiger partial charge in [-0.3, -0.25) is 0 Å². The van der Waals surface area contributed by atoms with Crippen LogP contribution < -0.4 is 4.90 Å². The van der Waals surface area contributed by atoms with E-state index < -0.39 is 5.97 Å². The Bertz CT molecular complexity index is 424. The molecule has 0 saturated heterocycles. The summed E-state index contributed by atoms with van der Waals surface area (Å²) in [5.41, 5.74) is 0.799. The van der Waals surface area contributed by atoms with Crippen molar-refractivity contribution in [2.75, 3.05) is 18.5 Å². The lowest BCUT2D eigenvalue weighted by Gasteiger charge is -2.17. The van der Waals surface area contributed by atoms with Crippen molar-refractivity contribution in [3.63, 3.8) is 0 Å². The Hall–Kier alpha value is -1.10. The molecule has 17 heavy (non-hydrogen) atoms. The summed E-state index contributed by atoms with van der Waals surface area (Å²) in [6.07, 6.45) is 2.16. The number of nitrogens with zero attached hydrogens (tertiary/aromatic N) is 2. The van der Waals surface area contributed by atoms with Crippen molar-refractivity contribution < 1.29 is 9.90 Å².